The van der Waals surface area contributed by atoms with Gasteiger partial charge >= 0.3 is 0 Å². The number of carbonyl (C=O) groups excluding carboxylic acids is 1. The minimum Gasteiger partial charge on any atom is -0.291 e. The molecule has 1 aromatic heterocycles. The average Bonchev–Trinajstić information content (AvgIpc) is 2.97. The highest BCUT2D eigenvalue weighted by molar-refractivity contribution is 7.22. The molecule has 0 N–H and O–H groups in total. The van der Waals surface area contributed by atoms with Crippen molar-refractivity contribution in [2.24, 2.45) is 0 Å². The van der Waals surface area contributed by atoms with Gasteiger partial charge in [-0.3, -0.25) is 9.69 Å². The summed E-state index contributed by atoms with van der Waals surface area (Å²) in [6.07, 6.45) is 0.965. The van der Waals surface area contributed by atoms with Crippen LogP contribution in [-0.4, -0.2) is 17.9 Å². The summed E-state index contributed by atoms with van der Waals surface area (Å²) in [5, 5.41) is 0.699. The van der Waals surface area contributed by atoms with Gasteiger partial charge in [0.05, 0.1) is 10.2 Å². The zero-order chi connectivity index (χ0) is 15.5. The number of para-hydroxylation sites is 1. The van der Waals surface area contributed by atoms with Gasteiger partial charge in [0.25, 0.3) is 0 Å². The van der Waals surface area contributed by atoms with Gasteiger partial charge in [-0.05, 0) is 36.2 Å². The molecule has 3 rings (SSSR count). The molecule has 1 heterocycles. The summed E-state index contributed by atoms with van der Waals surface area (Å²) in [6, 6.07) is 14.1. The number of hydrogen-bond donors (Lipinski definition) is 0. The normalized spacial score (nSPS) is 10.8. The molecule has 1 amide bonds. The molecule has 112 valence electrons. The molecule has 0 unspecified atom stereocenters. The van der Waals surface area contributed by atoms with Crippen LogP contribution in [0.1, 0.15) is 12.0 Å². The van der Waals surface area contributed by atoms with Gasteiger partial charge in [-0.2, -0.15) is 0 Å². The van der Waals surface area contributed by atoms with Crippen LogP contribution in [0.15, 0.2) is 48.5 Å². The third-order valence-electron chi connectivity index (χ3n) is 3.48. The molecular weight excluding hydrogens is 299 g/mol. The van der Waals surface area contributed by atoms with Gasteiger partial charge < -0.3 is 0 Å². The Hall–Kier alpha value is -2.27. The van der Waals surface area contributed by atoms with Crippen molar-refractivity contribution in [1.29, 1.82) is 0 Å². The van der Waals surface area contributed by atoms with E-state index in [1.54, 1.807) is 24.1 Å². The Balaban J connectivity index is 1.67. The van der Waals surface area contributed by atoms with E-state index in [1.807, 2.05) is 24.3 Å². The Kier molecular flexibility index (Phi) is 4.15. The van der Waals surface area contributed by atoms with E-state index < -0.39 is 0 Å². The fourth-order valence-corrected chi connectivity index (χ4v) is 3.12. The first-order valence-electron chi connectivity index (χ1n) is 7.00. The molecule has 0 aliphatic heterocycles. The highest BCUT2D eigenvalue weighted by Crippen LogP contribution is 2.28. The maximum Gasteiger partial charge on any atom is 0.228 e. The second-order valence-electron chi connectivity index (χ2n) is 5.04. The Labute approximate surface area is 132 Å². The van der Waals surface area contributed by atoms with Crippen molar-refractivity contribution >= 4 is 32.6 Å². The molecule has 5 heteroatoms. The number of thiazole rings is 1. The smallest absolute Gasteiger partial charge is 0.228 e. The number of anilines is 1. The Morgan fingerprint density at radius 2 is 1.91 bits per heavy atom. The van der Waals surface area contributed by atoms with Crippen molar-refractivity contribution in [3.8, 4) is 0 Å². The number of rotatable bonds is 4. The second kappa shape index (κ2) is 6.23. The SMILES string of the molecule is CN(C(=O)CCc1ccc(F)cc1)c1nc2ccccc2s1. The van der Waals surface area contributed by atoms with Gasteiger partial charge in [-0.25, -0.2) is 9.37 Å². The summed E-state index contributed by atoms with van der Waals surface area (Å²) in [6.45, 7) is 0. The van der Waals surface area contributed by atoms with Crippen molar-refractivity contribution in [2.75, 3.05) is 11.9 Å². The van der Waals surface area contributed by atoms with E-state index in [2.05, 4.69) is 4.98 Å². The molecule has 2 aromatic carbocycles. The van der Waals surface area contributed by atoms with Crippen LogP contribution in [0.2, 0.25) is 0 Å². The van der Waals surface area contributed by atoms with Gasteiger partial charge in [0.1, 0.15) is 5.82 Å². The maximum absolute atomic E-state index is 12.9. The van der Waals surface area contributed by atoms with Crippen LogP contribution in [0.25, 0.3) is 10.2 Å². The molecule has 0 fully saturated rings. The maximum atomic E-state index is 12.9. The van der Waals surface area contributed by atoms with Crippen LogP contribution in [0.5, 0.6) is 0 Å². The molecule has 0 aliphatic rings. The lowest BCUT2D eigenvalue weighted by Gasteiger charge is -2.13. The largest absolute Gasteiger partial charge is 0.291 e. The minimum atomic E-state index is -0.262. The highest BCUT2D eigenvalue weighted by Gasteiger charge is 2.15. The van der Waals surface area contributed by atoms with Crippen LogP contribution in [-0.2, 0) is 11.2 Å². The lowest BCUT2D eigenvalue weighted by molar-refractivity contribution is -0.118. The molecular formula is C17H15FN2OS. The fraction of sp³-hybridized carbons (Fsp3) is 0.176. The van der Waals surface area contributed by atoms with Crippen LogP contribution >= 0.6 is 11.3 Å². The van der Waals surface area contributed by atoms with E-state index in [4.69, 9.17) is 0 Å². The summed E-state index contributed by atoms with van der Waals surface area (Å²) in [5.41, 5.74) is 1.85. The van der Waals surface area contributed by atoms with Crippen molar-refractivity contribution in [3.05, 3.63) is 59.9 Å². The number of fused-ring (bicyclic) bond motifs is 1. The van der Waals surface area contributed by atoms with Gasteiger partial charge in [0, 0.05) is 13.5 Å². The van der Waals surface area contributed by atoms with Gasteiger partial charge in [-0.15, -0.1) is 0 Å². The van der Waals surface area contributed by atoms with Crippen molar-refractivity contribution in [3.63, 3.8) is 0 Å². The van der Waals surface area contributed by atoms with Crippen molar-refractivity contribution < 1.29 is 9.18 Å². The summed E-state index contributed by atoms with van der Waals surface area (Å²) in [5.74, 6) is -0.259. The van der Waals surface area contributed by atoms with E-state index in [0.717, 1.165) is 15.8 Å². The number of halogens is 1. The molecule has 3 aromatic rings. The number of aromatic nitrogens is 1. The standard InChI is InChI=1S/C17H15FN2OS/c1-20(17-19-14-4-2-3-5-15(14)22-17)16(21)11-8-12-6-9-13(18)10-7-12/h2-7,9-10H,8,11H2,1H3. The van der Waals surface area contributed by atoms with Gasteiger partial charge in [0.15, 0.2) is 5.13 Å². The molecule has 0 atom stereocenters. The zero-order valence-electron chi connectivity index (χ0n) is 12.1. The molecule has 0 spiro atoms. The lowest BCUT2D eigenvalue weighted by atomic mass is 10.1. The quantitative estimate of drug-likeness (QED) is 0.728. The molecule has 3 nitrogen and oxygen atoms in total. The van der Waals surface area contributed by atoms with Crippen LogP contribution in [0.4, 0.5) is 9.52 Å². The van der Waals surface area contributed by atoms with Crippen molar-refractivity contribution in [2.45, 2.75) is 12.8 Å². The molecule has 0 saturated heterocycles. The first-order valence-corrected chi connectivity index (χ1v) is 7.82. The Bertz CT molecular complexity index is 765. The van der Waals surface area contributed by atoms with Gasteiger partial charge in [-0.1, -0.05) is 35.6 Å². The summed E-state index contributed by atoms with van der Waals surface area (Å²) < 4.78 is 13.9. The van der Waals surface area contributed by atoms with E-state index in [1.165, 1.54) is 23.5 Å². The predicted octanol–water partition coefficient (Wildman–Crippen LogP) is 4.03. The van der Waals surface area contributed by atoms with Crippen molar-refractivity contribution in [1.82, 2.24) is 4.98 Å². The number of amides is 1. The van der Waals surface area contributed by atoms with Crippen LogP contribution in [0.3, 0.4) is 0 Å². The molecule has 0 saturated carbocycles. The Morgan fingerprint density at radius 1 is 1.18 bits per heavy atom. The Morgan fingerprint density at radius 3 is 2.64 bits per heavy atom. The molecule has 0 aliphatic carbocycles. The van der Waals surface area contributed by atoms with Crippen LogP contribution < -0.4 is 4.90 Å². The second-order valence-corrected chi connectivity index (χ2v) is 6.05. The first kappa shape index (κ1) is 14.7. The predicted molar refractivity (Wildman–Crippen MR) is 87.8 cm³/mol. The number of aryl methyl sites for hydroxylation is 1. The third-order valence-corrected chi connectivity index (χ3v) is 4.60. The third kappa shape index (κ3) is 3.14. The first-order chi connectivity index (χ1) is 10.6. The fourth-order valence-electron chi connectivity index (χ4n) is 2.18. The molecule has 22 heavy (non-hydrogen) atoms. The topological polar surface area (TPSA) is 33.2 Å². The van der Waals surface area contributed by atoms with E-state index in [-0.39, 0.29) is 11.7 Å². The highest BCUT2D eigenvalue weighted by atomic mass is 32.1. The zero-order valence-corrected chi connectivity index (χ0v) is 12.9. The monoisotopic (exact) mass is 314 g/mol. The van der Waals surface area contributed by atoms with Gasteiger partial charge in [0.2, 0.25) is 5.91 Å². The summed E-state index contributed by atoms with van der Waals surface area (Å²) in [4.78, 5) is 18.3. The van der Waals surface area contributed by atoms with Crippen LogP contribution in [0, 0.1) is 5.82 Å². The van der Waals surface area contributed by atoms with E-state index >= 15 is 0 Å². The number of benzene rings is 2. The number of carbonyl (C=O) groups is 1. The number of hydrogen-bond acceptors (Lipinski definition) is 3. The van der Waals surface area contributed by atoms with E-state index in [9.17, 15) is 9.18 Å². The molecule has 0 bridgehead atoms. The average molecular weight is 314 g/mol. The summed E-state index contributed by atoms with van der Waals surface area (Å²) >= 11 is 1.50. The molecule has 0 radical (unpaired) electrons. The lowest BCUT2D eigenvalue weighted by Crippen LogP contribution is -2.26. The number of nitrogens with zero attached hydrogens (tertiary/aromatic N) is 2. The minimum absolute atomic E-state index is 0.00313. The van der Waals surface area contributed by atoms with E-state index in [0.29, 0.717) is 18.0 Å². The summed E-state index contributed by atoms with van der Waals surface area (Å²) in [7, 11) is 1.74.